The Hall–Kier alpha value is -1.26. The van der Waals surface area contributed by atoms with E-state index in [9.17, 15) is 0 Å². The van der Waals surface area contributed by atoms with Crippen LogP contribution in [0.15, 0.2) is 29.6 Å². The number of nitrogens with zero attached hydrogens (tertiary/aromatic N) is 1. The molecule has 2 rings (SSSR count). The first-order valence-corrected chi connectivity index (χ1v) is 6.01. The molecule has 0 bridgehead atoms. The third-order valence-corrected chi connectivity index (χ3v) is 3.18. The lowest BCUT2D eigenvalue weighted by Gasteiger charge is -2.05. The molecule has 0 fully saturated rings. The van der Waals surface area contributed by atoms with Gasteiger partial charge in [0.2, 0.25) is 0 Å². The van der Waals surface area contributed by atoms with Crippen LogP contribution in [0.1, 0.15) is 5.56 Å². The number of nitrogens with one attached hydrogen (secondary N) is 1. The second-order valence-corrected chi connectivity index (χ2v) is 4.43. The van der Waals surface area contributed by atoms with Gasteiger partial charge in [-0.05, 0) is 17.7 Å². The summed E-state index contributed by atoms with van der Waals surface area (Å²) in [6.45, 7) is 0.709. The summed E-state index contributed by atoms with van der Waals surface area (Å²) in [4.78, 5) is 4.11. The van der Waals surface area contributed by atoms with E-state index in [0.29, 0.717) is 11.7 Å². The fourth-order valence-corrected chi connectivity index (χ4v) is 2.13. The molecular formula is C11H11ClN2OS. The van der Waals surface area contributed by atoms with Gasteiger partial charge >= 0.3 is 0 Å². The summed E-state index contributed by atoms with van der Waals surface area (Å²) in [7, 11) is 1.66. The number of thiazole rings is 1. The predicted octanol–water partition coefficient (Wildman–Crippen LogP) is 3.42. The zero-order valence-corrected chi connectivity index (χ0v) is 10.3. The lowest BCUT2D eigenvalue weighted by molar-refractivity contribution is 0.414. The molecule has 5 heteroatoms. The number of ether oxygens (including phenoxy) is 1. The van der Waals surface area contributed by atoms with Gasteiger partial charge in [0.1, 0.15) is 10.9 Å². The molecule has 0 spiro atoms. The predicted molar refractivity (Wildman–Crippen MR) is 67.4 cm³/mol. The van der Waals surface area contributed by atoms with Gasteiger partial charge in [0.15, 0.2) is 5.13 Å². The molecule has 3 nitrogen and oxygen atoms in total. The van der Waals surface area contributed by atoms with Crippen LogP contribution in [0, 0.1) is 0 Å². The summed E-state index contributed by atoms with van der Waals surface area (Å²) in [6, 6.07) is 7.90. The van der Waals surface area contributed by atoms with Crippen LogP contribution < -0.4 is 10.1 Å². The van der Waals surface area contributed by atoms with Crippen molar-refractivity contribution >= 4 is 28.1 Å². The molecule has 1 aromatic carbocycles. The maximum absolute atomic E-state index is 5.73. The van der Waals surface area contributed by atoms with Crippen molar-refractivity contribution in [2.24, 2.45) is 0 Å². The van der Waals surface area contributed by atoms with Crippen molar-refractivity contribution in [3.05, 3.63) is 40.4 Å². The first kappa shape index (κ1) is 11.2. The second-order valence-electron chi connectivity index (χ2n) is 3.18. The molecule has 0 saturated carbocycles. The van der Waals surface area contributed by atoms with E-state index < -0.39 is 0 Å². The molecule has 1 N–H and O–H groups in total. The Morgan fingerprint density at radius 3 is 3.06 bits per heavy atom. The largest absolute Gasteiger partial charge is 0.497 e. The molecule has 0 aliphatic rings. The van der Waals surface area contributed by atoms with Gasteiger partial charge in [0, 0.05) is 11.9 Å². The molecule has 1 heterocycles. The highest BCUT2D eigenvalue weighted by molar-refractivity contribution is 7.14. The van der Waals surface area contributed by atoms with Crippen LogP contribution in [0.4, 0.5) is 5.13 Å². The Morgan fingerprint density at radius 2 is 2.38 bits per heavy atom. The molecule has 0 radical (unpaired) electrons. The summed E-state index contributed by atoms with van der Waals surface area (Å²) >= 11 is 7.22. The van der Waals surface area contributed by atoms with Crippen LogP contribution in [-0.2, 0) is 6.54 Å². The molecular weight excluding hydrogens is 244 g/mol. The van der Waals surface area contributed by atoms with Crippen LogP contribution in [0.25, 0.3) is 0 Å². The molecule has 0 aliphatic carbocycles. The molecule has 16 heavy (non-hydrogen) atoms. The molecule has 0 aliphatic heterocycles. The van der Waals surface area contributed by atoms with E-state index in [2.05, 4.69) is 10.3 Å². The number of anilines is 1. The quantitative estimate of drug-likeness (QED) is 0.908. The van der Waals surface area contributed by atoms with Gasteiger partial charge in [-0.25, -0.2) is 4.98 Å². The maximum Gasteiger partial charge on any atom is 0.184 e. The zero-order chi connectivity index (χ0) is 11.4. The Morgan fingerprint density at radius 1 is 1.50 bits per heavy atom. The van der Waals surface area contributed by atoms with Crippen LogP contribution in [0.3, 0.4) is 0 Å². The number of halogens is 1. The van der Waals surface area contributed by atoms with Crippen molar-refractivity contribution in [3.8, 4) is 5.75 Å². The smallest absolute Gasteiger partial charge is 0.184 e. The summed E-state index contributed by atoms with van der Waals surface area (Å²) in [5.74, 6) is 0.858. The average Bonchev–Trinajstić information content (AvgIpc) is 2.73. The molecule has 0 atom stereocenters. The first-order chi connectivity index (χ1) is 7.78. The number of aromatic nitrogens is 1. The summed E-state index contributed by atoms with van der Waals surface area (Å²) < 4.78 is 5.15. The molecule has 84 valence electrons. The van der Waals surface area contributed by atoms with Crippen molar-refractivity contribution in [1.82, 2.24) is 4.98 Å². The number of hydrogen-bond acceptors (Lipinski definition) is 4. The fourth-order valence-electron chi connectivity index (χ4n) is 1.30. The number of rotatable bonds is 4. The fraction of sp³-hybridized carbons (Fsp3) is 0.182. The summed E-state index contributed by atoms with van der Waals surface area (Å²) in [5.41, 5.74) is 1.14. The number of hydrogen-bond donors (Lipinski definition) is 1. The maximum atomic E-state index is 5.73. The molecule has 0 saturated heterocycles. The highest BCUT2D eigenvalue weighted by Crippen LogP contribution is 2.20. The minimum atomic E-state index is 0.526. The van der Waals surface area contributed by atoms with Crippen molar-refractivity contribution < 1.29 is 4.74 Å². The van der Waals surface area contributed by atoms with E-state index in [1.165, 1.54) is 11.3 Å². The van der Waals surface area contributed by atoms with Crippen LogP contribution in [0.2, 0.25) is 5.15 Å². The van der Waals surface area contributed by atoms with Crippen LogP contribution in [-0.4, -0.2) is 12.1 Å². The van der Waals surface area contributed by atoms with E-state index in [1.54, 1.807) is 12.5 Å². The van der Waals surface area contributed by atoms with Crippen molar-refractivity contribution in [3.63, 3.8) is 0 Å². The SMILES string of the molecule is COc1cccc(CNc2nc(Cl)cs2)c1. The van der Waals surface area contributed by atoms with Crippen molar-refractivity contribution in [2.45, 2.75) is 6.54 Å². The average molecular weight is 255 g/mol. The third-order valence-electron chi connectivity index (χ3n) is 2.05. The second kappa shape index (κ2) is 5.18. The van der Waals surface area contributed by atoms with Gasteiger partial charge in [-0.3, -0.25) is 0 Å². The molecule has 0 amide bonds. The standard InChI is InChI=1S/C11H11ClN2OS/c1-15-9-4-2-3-8(5-9)6-13-11-14-10(12)7-16-11/h2-5,7H,6H2,1H3,(H,13,14). The minimum Gasteiger partial charge on any atom is -0.497 e. The van der Waals surface area contributed by atoms with Gasteiger partial charge in [-0.15, -0.1) is 11.3 Å². The van der Waals surface area contributed by atoms with E-state index in [-0.39, 0.29) is 0 Å². The third kappa shape index (κ3) is 2.87. The first-order valence-electron chi connectivity index (χ1n) is 4.76. The zero-order valence-electron chi connectivity index (χ0n) is 8.74. The van der Waals surface area contributed by atoms with Gasteiger partial charge in [0.05, 0.1) is 7.11 Å². The van der Waals surface area contributed by atoms with Gasteiger partial charge in [-0.1, -0.05) is 23.7 Å². The number of methoxy groups -OCH3 is 1. The topological polar surface area (TPSA) is 34.1 Å². The Bertz CT molecular complexity index is 473. The lowest BCUT2D eigenvalue weighted by atomic mass is 10.2. The molecule has 2 aromatic rings. The monoisotopic (exact) mass is 254 g/mol. The van der Waals surface area contributed by atoms with Gasteiger partial charge in [-0.2, -0.15) is 0 Å². The Kier molecular flexibility index (Phi) is 3.64. The summed E-state index contributed by atoms with van der Waals surface area (Å²) in [6.07, 6.45) is 0. The van der Waals surface area contributed by atoms with Crippen molar-refractivity contribution in [2.75, 3.05) is 12.4 Å². The molecule has 1 aromatic heterocycles. The Labute approximate surface area is 103 Å². The van der Waals surface area contributed by atoms with E-state index in [1.807, 2.05) is 24.3 Å². The van der Waals surface area contributed by atoms with Crippen LogP contribution in [0.5, 0.6) is 5.75 Å². The van der Waals surface area contributed by atoms with E-state index in [0.717, 1.165) is 16.4 Å². The lowest BCUT2D eigenvalue weighted by Crippen LogP contribution is -1.98. The molecule has 0 unspecified atom stereocenters. The normalized spacial score (nSPS) is 10.1. The van der Waals surface area contributed by atoms with Gasteiger partial charge < -0.3 is 10.1 Å². The van der Waals surface area contributed by atoms with Gasteiger partial charge in [0.25, 0.3) is 0 Å². The minimum absolute atomic E-state index is 0.526. The van der Waals surface area contributed by atoms with Crippen molar-refractivity contribution in [1.29, 1.82) is 0 Å². The number of benzene rings is 1. The van der Waals surface area contributed by atoms with E-state index >= 15 is 0 Å². The Balaban J connectivity index is 1.99. The highest BCUT2D eigenvalue weighted by Gasteiger charge is 2.00. The summed E-state index contributed by atoms with van der Waals surface area (Å²) in [5, 5.41) is 6.35. The highest BCUT2D eigenvalue weighted by atomic mass is 35.5. The van der Waals surface area contributed by atoms with Crippen LogP contribution >= 0.6 is 22.9 Å². The van der Waals surface area contributed by atoms with E-state index in [4.69, 9.17) is 16.3 Å².